The minimum Gasteiger partial charge on any atom is -0.361 e. The summed E-state index contributed by atoms with van der Waals surface area (Å²) in [7, 11) is 0. The summed E-state index contributed by atoms with van der Waals surface area (Å²) in [5.74, 6) is 1.69. The zero-order chi connectivity index (χ0) is 15.7. The van der Waals surface area contributed by atoms with E-state index in [9.17, 15) is 0 Å². The van der Waals surface area contributed by atoms with Gasteiger partial charge in [0.05, 0.1) is 5.69 Å². The maximum absolute atomic E-state index is 5.22. The summed E-state index contributed by atoms with van der Waals surface area (Å²) in [5.41, 5.74) is 5.83. The van der Waals surface area contributed by atoms with E-state index in [1.165, 1.54) is 11.1 Å². The van der Waals surface area contributed by atoms with Gasteiger partial charge < -0.3 is 4.52 Å². The van der Waals surface area contributed by atoms with Gasteiger partial charge in [-0.2, -0.15) is 0 Å². The number of aromatic nitrogens is 3. The molecule has 0 aliphatic rings. The molecule has 3 rings (SSSR count). The van der Waals surface area contributed by atoms with Crippen molar-refractivity contribution in [1.29, 1.82) is 0 Å². The Labute approximate surface area is 134 Å². The van der Waals surface area contributed by atoms with Crippen LogP contribution >= 0.6 is 11.8 Å². The van der Waals surface area contributed by atoms with Crippen molar-refractivity contribution in [3.63, 3.8) is 0 Å². The number of benzene rings is 1. The van der Waals surface area contributed by atoms with E-state index in [0.717, 1.165) is 33.6 Å². The molecule has 2 aromatic heterocycles. The summed E-state index contributed by atoms with van der Waals surface area (Å²) in [6, 6.07) is 6.47. The van der Waals surface area contributed by atoms with Crippen LogP contribution in [0.3, 0.4) is 0 Å². The molecule has 2 heterocycles. The Kier molecular flexibility index (Phi) is 4.07. The second-order valence-electron chi connectivity index (χ2n) is 5.44. The normalized spacial score (nSPS) is 11.1. The van der Waals surface area contributed by atoms with Gasteiger partial charge in [0.2, 0.25) is 0 Å². The van der Waals surface area contributed by atoms with Crippen LogP contribution in [0, 0.1) is 27.7 Å². The van der Waals surface area contributed by atoms with Crippen LogP contribution in [0.1, 0.15) is 28.1 Å². The molecule has 22 heavy (non-hydrogen) atoms. The van der Waals surface area contributed by atoms with E-state index in [4.69, 9.17) is 4.52 Å². The summed E-state index contributed by atoms with van der Waals surface area (Å²) >= 11 is 1.70. The second-order valence-corrected chi connectivity index (χ2v) is 6.38. The lowest BCUT2D eigenvalue weighted by Crippen LogP contribution is -1.97. The van der Waals surface area contributed by atoms with Crippen LogP contribution < -0.4 is 0 Å². The van der Waals surface area contributed by atoms with Gasteiger partial charge in [-0.05, 0) is 51.0 Å². The van der Waals surface area contributed by atoms with E-state index in [0.29, 0.717) is 0 Å². The van der Waals surface area contributed by atoms with Gasteiger partial charge in [-0.1, -0.05) is 23.0 Å². The Morgan fingerprint density at radius 3 is 2.64 bits per heavy atom. The average Bonchev–Trinajstić information content (AvgIpc) is 3.08. The fourth-order valence-corrected chi connectivity index (χ4v) is 3.44. The number of hydrogen-bond acceptors (Lipinski definition) is 4. The van der Waals surface area contributed by atoms with Gasteiger partial charge in [-0.15, -0.1) is 0 Å². The van der Waals surface area contributed by atoms with Gasteiger partial charge in [0.1, 0.15) is 5.76 Å². The molecule has 0 N–H and O–H groups in total. The maximum Gasteiger partial charge on any atom is 0.172 e. The summed E-state index contributed by atoms with van der Waals surface area (Å²) in [5, 5.41) is 4.98. The van der Waals surface area contributed by atoms with Crippen LogP contribution in [0.25, 0.3) is 5.69 Å². The summed E-state index contributed by atoms with van der Waals surface area (Å²) in [6.07, 6.45) is 3.84. The fourth-order valence-electron chi connectivity index (χ4n) is 2.31. The zero-order valence-corrected chi connectivity index (χ0v) is 14.1. The Bertz CT molecular complexity index is 785. The van der Waals surface area contributed by atoms with Crippen molar-refractivity contribution < 1.29 is 4.52 Å². The standard InChI is InChI=1S/C17H19N3OS/c1-11-5-6-15(9-12(11)2)20-8-7-18-17(20)22-10-16-13(3)19-21-14(16)4/h5-9H,10H2,1-4H3. The molecule has 0 bridgehead atoms. The van der Waals surface area contributed by atoms with E-state index in [-0.39, 0.29) is 0 Å². The molecule has 5 heteroatoms. The van der Waals surface area contributed by atoms with E-state index in [1.54, 1.807) is 11.8 Å². The summed E-state index contributed by atoms with van der Waals surface area (Å²) < 4.78 is 7.34. The quantitative estimate of drug-likeness (QED) is 0.670. The third-order valence-electron chi connectivity index (χ3n) is 3.90. The zero-order valence-electron chi connectivity index (χ0n) is 13.3. The summed E-state index contributed by atoms with van der Waals surface area (Å²) in [4.78, 5) is 4.48. The van der Waals surface area contributed by atoms with Crippen molar-refractivity contribution in [2.24, 2.45) is 0 Å². The first-order chi connectivity index (χ1) is 10.6. The molecule has 4 nitrogen and oxygen atoms in total. The van der Waals surface area contributed by atoms with E-state index < -0.39 is 0 Å². The highest BCUT2D eigenvalue weighted by molar-refractivity contribution is 7.98. The van der Waals surface area contributed by atoms with Crippen molar-refractivity contribution >= 4 is 11.8 Å². The highest BCUT2D eigenvalue weighted by atomic mass is 32.2. The number of thioether (sulfide) groups is 1. The minimum atomic E-state index is 0.809. The molecular formula is C17H19N3OS. The largest absolute Gasteiger partial charge is 0.361 e. The lowest BCUT2D eigenvalue weighted by atomic mass is 10.1. The Morgan fingerprint density at radius 2 is 1.95 bits per heavy atom. The van der Waals surface area contributed by atoms with Gasteiger partial charge in [-0.3, -0.25) is 4.57 Å². The number of imidazole rings is 1. The Morgan fingerprint density at radius 1 is 1.14 bits per heavy atom. The maximum atomic E-state index is 5.22. The predicted molar refractivity (Wildman–Crippen MR) is 88.6 cm³/mol. The van der Waals surface area contributed by atoms with E-state index >= 15 is 0 Å². The molecule has 0 atom stereocenters. The van der Waals surface area contributed by atoms with Crippen molar-refractivity contribution in [3.8, 4) is 5.69 Å². The number of rotatable bonds is 4. The Hall–Kier alpha value is -2.01. The smallest absolute Gasteiger partial charge is 0.172 e. The number of nitrogens with zero attached hydrogens (tertiary/aromatic N) is 3. The molecule has 1 aromatic carbocycles. The predicted octanol–water partition coefficient (Wildman–Crippen LogP) is 4.39. The second kappa shape index (κ2) is 6.01. The van der Waals surface area contributed by atoms with Crippen molar-refractivity contribution in [2.75, 3.05) is 0 Å². The van der Waals surface area contributed by atoms with Gasteiger partial charge in [-0.25, -0.2) is 4.98 Å². The molecule has 0 saturated carbocycles. The van der Waals surface area contributed by atoms with E-state index in [2.05, 4.69) is 46.8 Å². The van der Waals surface area contributed by atoms with Gasteiger partial charge in [0.15, 0.2) is 5.16 Å². The van der Waals surface area contributed by atoms with Crippen LogP contribution in [0.2, 0.25) is 0 Å². The first-order valence-electron chi connectivity index (χ1n) is 7.22. The third kappa shape index (κ3) is 2.81. The van der Waals surface area contributed by atoms with Crippen LogP contribution in [0.4, 0.5) is 0 Å². The van der Waals surface area contributed by atoms with Crippen molar-refractivity contribution in [1.82, 2.24) is 14.7 Å². The lowest BCUT2D eigenvalue weighted by Gasteiger charge is -2.09. The van der Waals surface area contributed by atoms with Gasteiger partial charge in [0.25, 0.3) is 0 Å². The molecule has 0 unspecified atom stereocenters. The SMILES string of the molecule is Cc1ccc(-n2ccnc2SCc2c(C)noc2C)cc1C. The van der Waals surface area contributed by atoms with Crippen LogP contribution in [-0.4, -0.2) is 14.7 Å². The molecule has 114 valence electrons. The molecule has 3 aromatic rings. The van der Waals surface area contributed by atoms with Crippen molar-refractivity contribution in [3.05, 3.63) is 58.7 Å². The molecule has 0 fully saturated rings. The molecule has 0 aliphatic heterocycles. The van der Waals surface area contributed by atoms with Gasteiger partial charge >= 0.3 is 0 Å². The molecule has 0 saturated heterocycles. The number of aryl methyl sites for hydroxylation is 4. The lowest BCUT2D eigenvalue weighted by molar-refractivity contribution is 0.392. The topological polar surface area (TPSA) is 43.9 Å². The highest BCUT2D eigenvalue weighted by Gasteiger charge is 2.12. The molecule has 0 spiro atoms. The first-order valence-corrected chi connectivity index (χ1v) is 8.20. The van der Waals surface area contributed by atoms with Crippen molar-refractivity contribution in [2.45, 2.75) is 38.6 Å². The van der Waals surface area contributed by atoms with Crippen LogP contribution in [0.15, 0.2) is 40.3 Å². The molecule has 0 aliphatic carbocycles. The monoisotopic (exact) mass is 313 g/mol. The van der Waals surface area contributed by atoms with E-state index in [1.807, 2.05) is 26.2 Å². The molecular weight excluding hydrogens is 294 g/mol. The summed E-state index contributed by atoms with van der Waals surface area (Å²) in [6.45, 7) is 8.18. The fraction of sp³-hybridized carbons (Fsp3) is 0.294. The minimum absolute atomic E-state index is 0.809. The van der Waals surface area contributed by atoms with Gasteiger partial charge in [0, 0.05) is 29.4 Å². The third-order valence-corrected chi connectivity index (χ3v) is 4.90. The first kappa shape index (κ1) is 14.9. The Balaban J connectivity index is 1.84. The number of hydrogen-bond donors (Lipinski definition) is 0. The average molecular weight is 313 g/mol. The highest BCUT2D eigenvalue weighted by Crippen LogP contribution is 2.27. The molecule has 0 radical (unpaired) electrons. The van der Waals surface area contributed by atoms with Crippen LogP contribution in [0.5, 0.6) is 0 Å². The molecule has 0 amide bonds. The van der Waals surface area contributed by atoms with Crippen LogP contribution in [-0.2, 0) is 5.75 Å².